The minimum absolute atomic E-state index is 0.148. The number of aromatic nitrogens is 3. The number of fused-ring (bicyclic) bond motifs is 1. The molecule has 0 unspecified atom stereocenters. The fourth-order valence-electron chi connectivity index (χ4n) is 2.27. The van der Waals surface area contributed by atoms with Gasteiger partial charge in [-0.05, 0) is 25.9 Å². The van der Waals surface area contributed by atoms with Crippen molar-refractivity contribution in [2.45, 2.75) is 30.5 Å². The SMILES string of the molecule is O=S1(=O)CCn2nc(C3CCNCC3)nc21. The summed E-state index contributed by atoms with van der Waals surface area (Å²) in [6.07, 6.45) is 1.98. The second-order valence-electron chi connectivity index (χ2n) is 4.32. The van der Waals surface area contributed by atoms with Gasteiger partial charge in [0.15, 0.2) is 5.82 Å². The molecule has 1 aromatic heterocycles. The Morgan fingerprint density at radius 3 is 2.75 bits per heavy atom. The highest BCUT2D eigenvalue weighted by molar-refractivity contribution is 7.91. The summed E-state index contributed by atoms with van der Waals surface area (Å²) in [5, 5.41) is 7.75. The van der Waals surface area contributed by atoms with E-state index < -0.39 is 9.84 Å². The zero-order valence-corrected chi connectivity index (χ0v) is 9.70. The number of hydrogen-bond donors (Lipinski definition) is 1. The van der Waals surface area contributed by atoms with Crippen molar-refractivity contribution in [3.05, 3.63) is 5.82 Å². The van der Waals surface area contributed by atoms with Gasteiger partial charge in [0.2, 0.25) is 15.0 Å². The molecule has 88 valence electrons. The molecule has 2 aliphatic rings. The molecule has 1 aromatic rings. The van der Waals surface area contributed by atoms with Crippen molar-refractivity contribution >= 4 is 9.84 Å². The molecule has 0 bridgehead atoms. The van der Waals surface area contributed by atoms with Gasteiger partial charge >= 0.3 is 0 Å². The Hall–Kier alpha value is -0.950. The predicted octanol–water partition coefficient (Wildman–Crippen LogP) is -0.468. The summed E-state index contributed by atoms with van der Waals surface area (Å²) in [5.74, 6) is 1.17. The van der Waals surface area contributed by atoms with Gasteiger partial charge in [0.25, 0.3) is 0 Å². The standard InChI is InChI=1S/C9H14N4O2S/c14-16(15)6-5-13-9(16)11-8(12-13)7-1-3-10-4-2-7/h7,10H,1-6H2. The molecule has 0 atom stereocenters. The quantitative estimate of drug-likeness (QED) is 0.720. The zero-order chi connectivity index (χ0) is 11.2. The first-order valence-electron chi connectivity index (χ1n) is 5.55. The molecule has 0 amide bonds. The summed E-state index contributed by atoms with van der Waals surface area (Å²) in [4.78, 5) is 4.20. The van der Waals surface area contributed by atoms with Crippen molar-refractivity contribution < 1.29 is 8.42 Å². The van der Waals surface area contributed by atoms with Gasteiger partial charge in [0.05, 0.1) is 12.3 Å². The van der Waals surface area contributed by atoms with E-state index >= 15 is 0 Å². The predicted molar refractivity (Wildman–Crippen MR) is 56.9 cm³/mol. The molecule has 2 aliphatic heterocycles. The van der Waals surface area contributed by atoms with Gasteiger partial charge in [-0.1, -0.05) is 0 Å². The van der Waals surface area contributed by atoms with Crippen molar-refractivity contribution in [1.82, 2.24) is 20.1 Å². The maximum atomic E-state index is 11.6. The summed E-state index contributed by atoms with van der Waals surface area (Å²) in [6, 6.07) is 0. The van der Waals surface area contributed by atoms with Crippen LogP contribution in [0.3, 0.4) is 0 Å². The Morgan fingerprint density at radius 2 is 2.06 bits per heavy atom. The number of rotatable bonds is 1. The lowest BCUT2D eigenvalue weighted by Gasteiger charge is -2.19. The molecule has 6 nitrogen and oxygen atoms in total. The Labute approximate surface area is 94.0 Å². The first-order chi connectivity index (χ1) is 7.67. The van der Waals surface area contributed by atoms with Gasteiger partial charge in [0.1, 0.15) is 0 Å². The topological polar surface area (TPSA) is 76.9 Å². The molecule has 0 spiro atoms. The number of hydrogen-bond acceptors (Lipinski definition) is 5. The van der Waals surface area contributed by atoms with Gasteiger partial charge in [-0.3, -0.25) is 0 Å². The maximum Gasteiger partial charge on any atom is 0.245 e. The molecule has 16 heavy (non-hydrogen) atoms. The van der Waals surface area contributed by atoms with Gasteiger partial charge in [-0.25, -0.2) is 18.1 Å². The van der Waals surface area contributed by atoms with Crippen molar-refractivity contribution in [3.63, 3.8) is 0 Å². The number of sulfone groups is 1. The van der Waals surface area contributed by atoms with E-state index in [0.717, 1.165) is 25.9 Å². The third kappa shape index (κ3) is 1.54. The van der Waals surface area contributed by atoms with Crippen molar-refractivity contribution in [2.24, 2.45) is 0 Å². The first kappa shape index (κ1) is 10.2. The van der Waals surface area contributed by atoms with E-state index in [4.69, 9.17) is 0 Å². The monoisotopic (exact) mass is 242 g/mol. The lowest BCUT2D eigenvalue weighted by Crippen LogP contribution is -2.27. The van der Waals surface area contributed by atoms with Crippen LogP contribution in [0, 0.1) is 0 Å². The largest absolute Gasteiger partial charge is 0.317 e. The minimum atomic E-state index is -3.15. The number of nitrogens with one attached hydrogen (secondary N) is 1. The normalized spacial score (nSPS) is 24.5. The molecule has 3 rings (SSSR count). The molecule has 0 aromatic carbocycles. The fourth-order valence-corrected chi connectivity index (χ4v) is 3.55. The summed E-state index contributed by atoms with van der Waals surface area (Å²) < 4.78 is 24.8. The molecule has 0 saturated carbocycles. The second-order valence-corrected chi connectivity index (χ2v) is 6.32. The Balaban J connectivity index is 1.94. The number of piperidine rings is 1. The van der Waals surface area contributed by atoms with E-state index in [2.05, 4.69) is 15.4 Å². The summed E-state index contributed by atoms with van der Waals surface area (Å²) in [5.41, 5.74) is 0. The molecule has 0 aliphatic carbocycles. The fraction of sp³-hybridized carbons (Fsp3) is 0.778. The van der Waals surface area contributed by atoms with Crippen molar-refractivity contribution in [1.29, 1.82) is 0 Å². The van der Waals surface area contributed by atoms with Gasteiger partial charge in [0, 0.05) is 5.92 Å². The van der Waals surface area contributed by atoms with Crippen LogP contribution in [0.1, 0.15) is 24.6 Å². The van der Waals surface area contributed by atoms with Crippen LogP contribution in [0.15, 0.2) is 5.16 Å². The average molecular weight is 242 g/mol. The molecule has 3 heterocycles. The van der Waals surface area contributed by atoms with Gasteiger partial charge < -0.3 is 5.32 Å². The maximum absolute atomic E-state index is 11.6. The zero-order valence-electron chi connectivity index (χ0n) is 8.89. The van der Waals surface area contributed by atoms with E-state index in [9.17, 15) is 8.42 Å². The highest BCUT2D eigenvalue weighted by atomic mass is 32.2. The molecular formula is C9H14N4O2S. The van der Waals surface area contributed by atoms with Crippen LogP contribution in [0.4, 0.5) is 0 Å². The van der Waals surface area contributed by atoms with Crippen molar-refractivity contribution in [3.8, 4) is 0 Å². The van der Waals surface area contributed by atoms with Crippen molar-refractivity contribution in [2.75, 3.05) is 18.8 Å². The lowest BCUT2D eigenvalue weighted by atomic mass is 9.98. The highest BCUT2D eigenvalue weighted by Crippen LogP contribution is 2.25. The summed E-state index contributed by atoms with van der Waals surface area (Å²) in [7, 11) is -3.15. The smallest absolute Gasteiger partial charge is 0.245 e. The van der Waals surface area contributed by atoms with E-state index in [-0.39, 0.29) is 10.9 Å². The van der Waals surface area contributed by atoms with Crippen LogP contribution >= 0.6 is 0 Å². The molecule has 1 N–H and O–H groups in total. The summed E-state index contributed by atoms with van der Waals surface area (Å²) in [6.45, 7) is 2.37. The molecule has 0 radical (unpaired) electrons. The molecule has 1 fully saturated rings. The Morgan fingerprint density at radius 1 is 1.31 bits per heavy atom. The van der Waals surface area contributed by atoms with E-state index in [1.54, 1.807) is 0 Å². The van der Waals surface area contributed by atoms with Crippen LogP contribution in [0.25, 0.3) is 0 Å². The van der Waals surface area contributed by atoms with Gasteiger partial charge in [-0.15, -0.1) is 0 Å². The highest BCUT2D eigenvalue weighted by Gasteiger charge is 2.32. The number of nitrogens with zero attached hydrogens (tertiary/aromatic N) is 3. The van der Waals surface area contributed by atoms with Crippen LogP contribution < -0.4 is 5.32 Å². The minimum Gasteiger partial charge on any atom is -0.317 e. The van der Waals surface area contributed by atoms with E-state index in [1.165, 1.54) is 4.68 Å². The first-order valence-corrected chi connectivity index (χ1v) is 7.20. The van der Waals surface area contributed by atoms with Crippen LogP contribution in [-0.2, 0) is 16.4 Å². The molecular weight excluding hydrogens is 228 g/mol. The number of aryl methyl sites for hydroxylation is 1. The van der Waals surface area contributed by atoms with Gasteiger partial charge in [-0.2, -0.15) is 5.10 Å². The van der Waals surface area contributed by atoms with Crippen LogP contribution in [0.2, 0.25) is 0 Å². The van der Waals surface area contributed by atoms with Crippen LogP contribution in [-0.4, -0.2) is 42.0 Å². The third-order valence-electron chi connectivity index (χ3n) is 3.21. The average Bonchev–Trinajstić information content (AvgIpc) is 2.82. The second kappa shape index (κ2) is 3.53. The van der Waals surface area contributed by atoms with E-state index in [1.807, 2.05) is 0 Å². The lowest BCUT2D eigenvalue weighted by molar-refractivity contribution is 0.442. The molecule has 1 saturated heterocycles. The van der Waals surface area contributed by atoms with Crippen LogP contribution in [0.5, 0.6) is 0 Å². The Bertz CT molecular complexity index is 502. The Kier molecular flexibility index (Phi) is 2.25. The molecule has 7 heteroatoms. The van der Waals surface area contributed by atoms with E-state index in [0.29, 0.717) is 18.3 Å². The third-order valence-corrected chi connectivity index (χ3v) is 4.79. The summed E-state index contributed by atoms with van der Waals surface area (Å²) >= 11 is 0.